The summed E-state index contributed by atoms with van der Waals surface area (Å²) in [6, 6.07) is 11.3. The summed E-state index contributed by atoms with van der Waals surface area (Å²) in [4.78, 5) is 19.4. The van der Waals surface area contributed by atoms with Crippen LogP contribution in [0.1, 0.15) is 37.6 Å². The molecule has 0 radical (unpaired) electrons. The molecule has 1 aliphatic heterocycles. The monoisotopic (exact) mass is 368 g/mol. The van der Waals surface area contributed by atoms with Gasteiger partial charge in [-0.05, 0) is 55.2 Å². The Bertz CT molecular complexity index is 789. The van der Waals surface area contributed by atoms with Gasteiger partial charge in [-0.15, -0.1) is 0 Å². The highest BCUT2D eigenvalue weighted by Gasteiger charge is 2.36. The van der Waals surface area contributed by atoms with E-state index in [-0.39, 0.29) is 17.4 Å². The molecule has 1 aliphatic rings. The van der Waals surface area contributed by atoms with Crippen LogP contribution in [-0.2, 0) is 0 Å². The Morgan fingerprint density at radius 1 is 1.33 bits per heavy atom. The Morgan fingerprint density at radius 2 is 2.07 bits per heavy atom. The summed E-state index contributed by atoms with van der Waals surface area (Å²) in [5.41, 5.74) is 7.53. The smallest absolute Gasteiger partial charge is 0.257 e. The average molecular weight is 368 g/mol. The normalized spacial score (nSPS) is 18.8. The predicted molar refractivity (Wildman–Crippen MR) is 107 cm³/mol. The quantitative estimate of drug-likeness (QED) is 0.845. The minimum Gasteiger partial charge on any atom is -0.494 e. The Morgan fingerprint density at radius 3 is 2.74 bits per heavy atom. The minimum atomic E-state index is -0.0984. The number of amides is 1. The van der Waals surface area contributed by atoms with Crippen molar-refractivity contribution in [2.75, 3.05) is 25.0 Å². The van der Waals surface area contributed by atoms with Gasteiger partial charge >= 0.3 is 0 Å². The lowest BCUT2D eigenvalue weighted by molar-refractivity contribution is 0.0533. The van der Waals surface area contributed by atoms with Gasteiger partial charge in [0.1, 0.15) is 11.6 Å². The number of carbonyl (C=O) groups excluding carboxylic acids is 1. The largest absolute Gasteiger partial charge is 0.494 e. The van der Waals surface area contributed by atoms with Crippen LogP contribution in [0.4, 0.5) is 11.5 Å². The van der Waals surface area contributed by atoms with Crippen LogP contribution in [0.25, 0.3) is 0 Å². The lowest BCUT2D eigenvalue weighted by Crippen LogP contribution is -2.54. The first kappa shape index (κ1) is 19.2. The minimum absolute atomic E-state index is 0.0171. The van der Waals surface area contributed by atoms with Crippen molar-refractivity contribution in [1.82, 2.24) is 9.88 Å². The average Bonchev–Trinajstić information content (AvgIpc) is 2.65. The zero-order valence-electron chi connectivity index (χ0n) is 16.2. The molecule has 2 heterocycles. The van der Waals surface area contributed by atoms with E-state index in [0.717, 1.165) is 17.9 Å². The van der Waals surface area contributed by atoms with E-state index in [1.807, 2.05) is 42.2 Å². The maximum Gasteiger partial charge on any atom is 0.257 e. The molecule has 2 aromatic rings. The molecular weight excluding hydrogens is 340 g/mol. The number of rotatable bonds is 5. The second kappa shape index (κ2) is 7.96. The molecule has 1 aromatic heterocycles. The molecule has 3 rings (SSSR count). The number of anilines is 2. The molecular formula is C21H28N4O2. The third-order valence-corrected chi connectivity index (χ3v) is 5.07. The van der Waals surface area contributed by atoms with E-state index in [2.05, 4.69) is 24.1 Å². The van der Waals surface area contributed by atoms with Crippen LogP contribution >= 0.6 is 0 Å². The Kier molecular flexibility index (Phi) is 5.65. The molecule has 1 aromatic carbocycles. The van der Waals surface area contributed by atoms with Crippen LogP contribution in [0, 0.1) is 5.41 Å². The molecule has 1 amide bonds. The third-order valence-electron chi connectivity index (χ3n) is 5.07. The number of carbonyl (C=O) groups is 1. The number of hydrogen-bond acceptors (Lipinski definition) is 5. The van der Waals surface area contributed by atoms with Gasteiger partial charge in [-0.2, -0.15) is 0 Å². The molecule has 1 fully saturated rings. The van der Waals surface area contributed by atoms with Crippen molar-refractivity contribution in [3.05, 3.63) is 48.2 Å². The Hall–Kier alpha value is -2.60. The molecule has 27 heavy (non-hydrogen) atoms. The molecule has 1 atom stereocenters. The van der Waals surface area contributed by atoms with Crippen LogP contribution in [0.5, 0.6) is 5.75 Å². The number of aromatic nitrogens is 1. The Balaban J connectivity index is 1.78. The second-order valence-corrected chi connectivity index (χ2v) is 7.59. The molecule has 6 nitrogen and oxygen atoms in total. The molecule has 1 saturated heterocycles. The number of hydrogen-bond donors (Lipinski definition) is 2. The van der Waals surface area contributed by atoms with Gasteiger partial charge in [0.05, 0.1) is 12.2 Å². The highest BCUT2D eigenvalue weighted by molar-refractivity contribution is 5.99. The topological polar surface area (TPSA) is 80.5 Å². The van der Waals surface area contributed by atoms with Crippen molar-refractivity contribution in [2.45, 2.75) is 33.2 Å². The number of nitrogens with zero attached hydrogens (tertiary/aromatic N) is 2. The lowest BCUT2D eigenvalue weighted by atomic mass is 9.79. The SMILES string of the molecule is CCOc1ccc(Nc2ncccc2C(=O)N2CCC(N)C(C)(C)C2)cc1. The highest BCUT2D eigenvalue weighted by atomic mass is 16.5. The van der Waals surface area contributed by atoms with Crippen LogP contribution in [0.15, 0.2) is 42.6 Å². The molecule has 144 valence electrons. The van der Waals surface area contributed by atoms with Crippen molar-refractivity contribution >= 4 is 17.4 Å². The van der Waals surface area contributed by atoms with Gasteiger partial charge in [-0.1, -0.05) is 13.8 Å². The number of ether oxygens (including phenoxy) is 1. The predicted octanol–water partition coefficient (Wildman–Crippen LogP) is 3.42. The van der Waals surface area contributed by atoms with E-state index in [4.69, 9.17) is 10.5 Å². The van der Waals surface area contributed by atoms with Gasteiger partial charge in [0.15, 0.2) is 0 Å². The summed E-state index contributed by atoms with van der Waals surface area (Å²) >= 11 is 0. The summed E-state index contributed by atoms with van der Waals surface area (Å²) in [6.07, 6.45) is 2.49. The van der Waals surface area contributed by atoms with Crippen LogP contribution in [-0.4, -0.2) is 41.5 Å². The lowest BCUT2D eigenvalue weighted by Gasteiger charge is -2.42. The summed E-state index contributed by atoms with van der Waals surface area (Å²) in [6.45, 7) is 8.11. The summed E-state index contributed by atoms with van der Waals surface area (Å²) in [7, 11) is 0. The van der Waals surface area contributed by atoms with E-state index >= 15 is 0 Å². The summed E-state index contributed by atoms with van der Waals surface area (Å²) in [5.74, 6) is 1.35. The van der Waals surface area contributed by atoms with Crippen molar-refractivity contribution < 1.29 is 9.53 Å². The van der Waals surface area contributed by atoms with Crippen LogP contribution < -0.4 is 15.8 Å². The summed E-state index contributed by atoms with van der Waals surface area (Å²) < 4.78 is 5.47. The zero-order valence-corrected chi connectivity index (χ0v) is 16.2. The standard InChI is InChI=1S/C21H28N4O2/c1-4-27-16-9-7-15(8-10-16)24-19-17(6-5-12-23-19)20(26)25-13-11-18(22)21(2,3)14-25/h5-10,12,18H,4,11,13-14,22H2,1-3H3,(H,23,24). The van der Waals surface area contributed by atoms with E-state index < -0.39 is 0 Å². The second-order valence-electron chi connectivity index (χ2n) is 7.59. The van der Waals surface area contributed by atoms with Crippen molar-refractivity contribution in [1.29, 1.82) is 0 Å². The van der Waals surface area contributed by atoms with Crippen molar-refractivity contribution in [2.24, 2.45) is 11.1 Å². The van der Waals surface area contributed by atoms with E-state index in [0.29, 0.717) is 31.1 Å². The fourth-order valence-corrected chi connectivity index (χ4v) is 3.33. The molecule has 3 N–H and O–H groups in total. The van der Waals surface area contributed by atoms with Crippen molar-refractivity contribution in [3.8, 4) is 5.75 Å². The zero-order chi connectivity index (χ0) is 19.4. The highest BCUT2D eigenvalue weighted by Crippen LogP contribution is 2.30. The fraction of sp³-hybridized carbons (Fsp3) is 0.429. The molecule has 0 bridgehead atoms. The fourth-order valence-electron chi connectivity index (χ4n) is 3.33. The van der Waals surface area contributed by atoms with Crippen LogP contribution in [0.3, 0.4) is 0 Å². The van der Waals surface area contributed by atoms with Crippen LogP contribution in [0.2, 0.25) is 0 Å². The molecule has 0 spiro atoms. The first-order chi connectivity index (χ1) is 12.9. The molecule has 1 unspecified atom stereocenters. The maximum atomic E-state index is 13.1. The van der Waals surface area contributed by atoms with E-state index in [9.17, 15) is 4.79 Å². The third kappa shape index (κ3) is 4.39. The van der Waals surface area contributed by atoms with Gasteiger partial charge in [0.25, 0.3) is 5.91 Å². The van der Waals surface area contributed by atoms with Gasteiger partial charge in [-0.25, -0.2) is 4.98 Å². The van der Waals surface area contributed by atoms with E-state index in [1.54, 1.807) is 12.3 Å². The van der Waals surface area contributed by atoms with E-state index in [1.165, 1.54) is 0 Å². The van der Waals surface area contributed by atoms with Gasteiger partial charge in [0, 0.05) is 31.0 Å². The van der Waals surface area contributed by atoms with Gasteiger partial charge in [0.2, 0.25) is 0 Å². The molecule has 0 aliphatic carbocycles. The number of nitrogens with one attached hydrogen (secondary N) is 1. The number of likely N-dealkylation sites (tertiary alicyclic amines) is 1. The maximum absolute atomic E-state index is 13.1. The molecule has 0 saturated carbocycles. The number of pyridine rings is 1. The number of nitrogens with two attached hydrogens (primary N) is 1. The van der Waals surface area contributed by atoms with Crippen molar-refractivity contribution in [3.63, 3.8) is 0 Å². The Labute approximate surface area is 160 Å². The number of piperidine rings is 1. The van der Waals surface area contributed by atoms with Gasteiger partial charge in [-0.3, -0.25) is 4.79 Å². The molecule has 6 heteroatoms. The first-order valence-electron chi connectivity index (χ1n) is 9.40. The summed E-state index contributed by atoms with van der Waals surface area (Å²) in [5, 5.41) is 3.25. The van der Waals surface area contributed by atoms with Gasteiger partial charge < -0.3 is 20.7 Å². The first-order valence-corrected chi connectivity index (χ1v) is 9.40. The number of benzene rings is 1.